The number of alkyl halides is 3. The number of Topliss-reactive ketones (excluding diaryl/α,β-unsaturated/α-hetero) is 1. The molecule has 3 rings (SSSR count). The van der Waals surface area contributed by atoms with Gasteiger partial charge in [0.05, 0.1) is 12.6 Å². The number of ketones is 1. The van der Waals surface area contributed by atoms with E-state index < -0.39 is 65.3 Å². The maximum absolute atomic E-state index is 13.3. The molecular weight excluding hydrogens is 523 g/mol. The summed E-state index contributed by atoms with van der Waals surface area (Å²) in [6.07, 6.45) is -3.12. The van der Waals surface area contributed by atoms with E-state index in [-0.39, 0.29) is 30.7 Å². The molecule has 2 N–H and O–H groups in total. The Morgan fingerprint density at radius 2 is 1.89 bits per heavy atom. The maximum Gasteiger partial charge on any atom is 0.522 e. The first-order chi connectivity index (χ1) is 17.0. The lowest BCUT2D eigenvalue weighted by atomic mass is 9.95. The number of amides is 3. The topological polar surface area (TPSA) is 145 Å². The monoisotopic (exact) mass is 555 g/mol. The summed E-state index contributed by atoms with van der Waals surface area (Å²) < 4.78 is 67.6. The van der Waals surface area contributed by atoms with Gasteiger partial charge in [-0.2, -0.15) is 17.0 Å². The number of halogens is 3. The molecule has 0 aromatic rings. The molecule has 210 valence electrons. The van der Waals surface area contributed by atoms with Crippen LogP contribution < -0.4 is 10.6 Å². The number of hydrogen-bond acceptors (Lipinski definition) is 7. The summed E-state index contributed by atoms with van der Waals surface area (Å²) in [6.45, 7) is -1.30. The average Bonchev–Trinajstić information content (AvgIpc) is 3.25. The first kappa shape index (κ1) is 29.3. The molecular formula is C21H32F3N5O7S. The number of carbonyl (C=O) groups excluding carboxylic acids is 4. The minimum atomic E-state index is -5.05. The lowest BCUT2D eigenvalue weighted by Gasteiger charge is -2.29. The molecule has 2 aliphatic heterocycles. The van der Waals surface area contributed by atoms with Gasteiger partial charge in [0, 0.05) is 40.2 Å². The van der Waals surface area contributed by atoms with Crippen LogP contribution in [-0.2, 0) is 34.1 Å². The van der Waals surface area contributed by atoms with Crippen LogP contribution in [0.2, 0.25) is 0 Å². The Morgan fingerprint density at radius 3 is 2.41 bits per heavy atom. The summed E-state index contributed by atoms with van der Waals surface area (Å²) >= 11 is 0. The fraction of sp³-hybridized carbons (Fsp3) is 0.810. The van der Waals surface area contributed by atoms with E-state index in [1.807, 2.05) is 0 Å². The van der Waals surface area contributed by atoms with E-state index in [9.17, 15) is 40.8 Å². The van der Waals surface area contributed by atoms with Gasteiger partial charge in [-0.05, 0) is 37.5 Å². The van der Waals surface area contributed by atoms with Crippen molar-refractivity contribution in [3.05, 3.63) is 0 Å². The normalized spacial score (nSPS) is 24.0. The third-order valence-electron chi connectivity index (χ3n) is 7.07. The molecule has 0 aromatic carbocycles. The Bertz CT molecular complexity index is 1030. The largest absolute Gasteiger partial charge is 0.522 e. The van der Waals surface area contributed by atoms with E-state index in [1.165, 1.54) is 26.0 Å². The van der Waals surface area contributed by atoms with Crippen LogP contribution in [0.3, 0.4) is 0 Å². The second kappa shape index (κ2) is 10.8. The first-order valence-electron chi connectivity index (χ1n) is 11.8. The van der Waals surface area contributed by atoms with E-state index in [0.29, 0.717) is 13.0 Å². The molecule has 3 atom stereocenters. The van der Waals surface area contributed by atoms with Gasteiger partial charge in [-0.15, -0.1) is 13.2 Å². The van der Waals surface area contributed by atoms with Crippen LogP contribution >= 0.6 is 0 Å². The number of likely N-dealkylation sites (tertiary alicyclic amines) is 1. The SMILES string of the molecule is CN(C)S(=O)(=O)N(C)CC(=O)N1CC2(CC2)C[C@H]1C(=O)N[C@@H](C[C@@H]1CCNC1=O)C(=O)COC(F)(F)F. The smallest absolute Gasteiger partial charge is 0.356 e. The molecule has 0 unspecified atom stereocenters. The number of rotatable bonds is 11. The molecule has 3 amide bonds. The molecule has 16 heteroatoms. The minimum absolute atomic E-state index is 0.215. The van der Waals surface area contributed by atoms with Crippen molar-refractivity contribution in [3.63, 3.8) is 0 Å². The van der Waals surface area contributed by atoms with Crippen molar-refractivity contribution < 1.29 is 45.5 Å². The Balaban J connectivity index is 1.74. The average molecular weight is 556 g/mol. The lowest BCUT2D eigenvalue weighted by Crippen LogP contribution is -2.54. The second-order valence-electron chi connectivity index (χ2n) is 10.1. The number of ether oxygens (including phenoxy) is 1. The van der Waals surface area contributed by atoms with Gasteiger partial charge in [-0.1, -0.05) is 0 Å². The predicted molar refractivity (Wildman–Crippen MR) is 122 cm³/mol. The highest BCUT2D eigenvalue weighted by Gasteiger charge is 2.55. The number of carbonyl (C=O) groups is 4. The van der Waals surface area contributed by atoms with Crippen LogP contribution in [0.4, 0.5) is 13.2 Å². The van der Waals surface area contributed by atoms with Crippen molar-refractivity contribution in [2.75, 3.05) is 47.4 Å². The molecule has 0 radical (unpaired) electrons. The van der Waals surface area contributed by atoms with Gasteiger partial charge in [0.2, 0.25) is 17.7 Å². The lowest BCUT2D eigenvalue weighted by molar-refractivity contribution is -0.321. The molecule has 1 saturated carbocycles. The highest BCUT2D eigenvalue weighted by molar-refractivity contribution is 7.86. The van der Waals surface area contributed by atoms with Crippen LogP contribution in [-0.4, -0.2) is 111 Å². The predicted octanol–water partition coefficient (Wildman–Crippen LogP) is -0.778. The molecule has 1 aliphatic carbocycles. The van der Waals surface area contributed by atoms with Crippen molar-refractivity contribution in [2.45, 2.75) is 50.6 Å². The maximum atomic E-state index is 13.3. The zero-order chi connectivity index (χ0) is 27.8. The summed E-state index contributed by atoms with van der Waals surface area (Å²) in [5.41, 5.74) is -0.291. The second-order valence-corrected chi connectivity index (χ2v) is 12.3. The van der Waals surface area contributed by atoms with Gasteiger partial charge in [-0.25, -0.2) is 0 Å². The Morgan fingerprint density at radius 1 is 1.24 bits per heavy atom. The van der Waals surface area contributed by atoms with E-state index in [1.54, 1.807) is 0 Å². The van der Waals surface area contributed by atoms with Gasteiger partial charge in [0.1, 0.15) is 12.6 Å². The van der Waals surface area contributed by atoms with Crippen LogP contribution in [0.25, 0.3) is 0 Å². The van der Waals surface area contributed by atoms with E-state index in [2.05, 4.69) is 15.4 Å². The van der Waals surface area contributed by atoms with Crippen molar-refractivity contribution >= 4 is 33.7 Å². The summed E-state index contributed by atoms with van der Waals surface area (Å²) in [7, 11) is -0.0372. The van der Waals surface area contributed by atoms with Gasteiger partial charge in [0.25, 0.3) is 10.2 Å². The fourth-order valence-corrected chi connectivity index (χ4v) is 5.51. The minimum Gasteiger partial charge on any atom is -0.356 e. The molecule has 37 heavy (non-hydrogen) atoms. The molecule has 2 heterocycles. The number of hydrogen-bond donors (Lipinski definition) is 2. The van der Waals surface area contributed by atoms with Crippen LogP contribution in [0, 0.1) is 11.3 Å². The molecule has 2 saturated heterocycles. The van der Waals surface area contributed by atoms with Crippen molar-refractivity contribution in [1.29, 1.82) is 0 Å². The first-order valence-corrected chi connectivity index (χ1v) is 13.2. The van der Waals surface area contributed by atoms with Gasteiger partial charge in [0.15, 0.2) is 5.78 Å². The van der Waals surface area contributed by atoms with Crippen molar-refractivity contribution in [1.82, 2.24) is 24.1 Å². The van der Waals surface area contributed by atoms with Gasteiger partial charge in [-0.3, -0.25) is 23.9 Å². The van der Waals surface area contributed by atoms with E-state index in [0.717, 1.165) is 21.5 Å². The quantitative estimate of drug-likeness (QED) is 0.340. The highest BCUT2D eigenvalue weighted by Crippen LogP contribution is 2.54. The molecule has 1 spiro atoms. The molecule has 12 nitrogen and oxygen atoms in total. The summed E-state index contributed by atoms with van der Waals surface area (Å²) in [4.78, 5) is 52.2. The summed E-state index contributed by atoms with van der Waals surface area (Å²) in [6, 6.07) is -2.48. The fourth-order valence-electron chi connectivity index (χ4n) is 4.68. The molecule has 0 aromatic heterocycles. The molecule has 3 fully saturated rings. The van der Waals surface area contributed by atoms with Crippen LogP contribution in [0.5, 0.6) is 0 Å². The Hall–Kier alpha value is -2.30. The van der Waals surface area contributed by atoms with E-state index in [4.69, 9.17) is 0 Å². The molecule has 3 aliphatic rings. The molecule has 0 bridgehead atoms. The summed E-state index contributed by atoms with van der Waals surface area (Å²) in [5.74, 6) is -3.47. The zero-order valence-corrected chi connectivity index (χ0v) is 21.7. The van der Waals surface area contributed by atoms with Gasteiger partial charge >= 0.3 is 6.36 Å². The van der Waals surface area contributed by atoms with Crippen LogP contribution in [0.1, 0.15) is 32.1 Å². The standard InChI is InChI=1S/C21H32F3N5O7S/c1-27(2)37(34,35)28(3)10-17(31)29-12-20(5-6-20)9-15(29)19(33)26-14(8-13-4-7-25-18(13)32)16(30)11-36-21(22,23)24/h13-15H,4-12H2,1-3H3,(H,25,32)(H,26,33)/t13-,14-,15-/m0/s1. The third kappa shape index (κ3) is 7.18. The van der Waals surface area contributed by atoms with Crippen molar-refractivity contribution in [3.8, 4) is 0 Å². The Kier molecular flexibility index (Phi) is 8.56. The Labute approximate surface area is 213 Å². The third-order valence-corrected chi connectivity index (χ3v) is 8.91. The summed E-state index contributed by atoms with van der Waals surface area (Å²) in [5, 5.41) is 5.02. The van der Waals surface area contributed by atoms with E-state index >= 15 is 0 Å². The number of nitrogens with one attached hydrogen (secondary N) is 2. The number of nitrogens with zero attached hydrogens (tertiary/aromatic N) is 3. The van der Waals surface area contributed by atoms with Crippen LogP contribution in [0.15, 0.2) is 0 Å². The van der Waals surface area contributed by atoms with Gasteiger partial charge < -0.3 is 15.5 Å². The number of likely N-dealkylation sites (N-methyl/N-ethyl adjacent to an activating group) is 1. The zero-order valence-electron chi connectivity index (χ0n) is 20.8. The highest BCUT2D eigenvalue weighted by atomic mass is 32.2. The van der Waals surface area contributed by atoms with Crippen molar-refractivity contribution in [2.24, 2.45) is 11.3 Å².